The third kappa shape index (κ3) is 5.44. The summed E-state index contributed by atoms with van der Waals surface area (Å²) in [6, 6.07) is 56.4. The Morgan fingerprint density at radius 2 is 1.06 bits per heavy atom. The molecule has 0 amide bonds. The number of hydrogen-bond acceptors (Lipinski definition) is 5. The Labute approximate surface area is 312 Å². The highest BCUT2D eigenvalue weighted by molar-refractivity contribution is 6.15. The van der Waals surface area contributed by atoms with Crippen molar-refractivity contribution in [1.29, 1.82) is 0 Å². The second-order valence-electron chi connectivity index (χ2n) is 13.7. The number of nitrogens with zero attached hydrogens (tertiary/aromatic N) is 5. The standard InChI is InChI=1S/C48H33N5O/c1-30-26-31(2)28-36(27-30)46-50-45(35-19-11-18-34(29-35)38-22-12-23-40-44(38)54-47(49-40)33-16-7-4-8-17-33)51-48(52-46)53-41-24-10-9-20-39(41)43-37(21-13-25-42(43)53)32-14-5-3-6-15-32/h3-29H,1-2H3. The van der Waals surface area contributed by atoms with E-state index in [9.17, 15) is 0 Å². The van der Waals surface area contributed by atoms with E-state index in [1.54, 1.807) is 0 Å². The van der Waals surface area contributed by atoms with E-state index in [0.29, 0.717) is 23.5 Å². The van der Waals surface area contributed by atoms with Crippen molar-refractivity contribution < 1.29 is 4.42 Å². The molecule has 0 radical (unpaired) electrons. The maximum absolute atomic E-state index is 6.42. The molecule has 3 heterocycles. The van der Waals surface area contributed by atoms with Crippen LogP contribution >= 0.6 is 0 Å². The molecule has 0 fully saturated rings. The largest absolute Gasteiger partial charge is 0.435 e. The van der Waals surface area contributed by atoms with Gasteiger partial charge in [0.1, 0.15) is 5.52 Å². The number of hydrogen-bond donors (Lipinski definition) is 0. The number of para-hydroxylation sites is 2. The molecule has 0 saturated carbocycles. The van der Waals surface area contributed by atoms with Crippen molar-refractivity contribution in [2.24, 2.45) is 0 Å². The highest BCUT2D eigenvalue weighted by Gasteiger charge is 2.21. The van der Waals surface area contributed by atoms with Crippen molar-refractivity contribution in [3.05, 3.63) is 175 Å². The number of aromatic nitrogens is 5. The average Bonchev–Trinajstić information content (AvgIpc) is 3.81. The predicted molar refractivity (Wildman–Crippen MR) is 218 cm³/mol. The zero-order chi connectivity index (χ0) is 36.2. The maximum atomic E-state index is 6.42. The maximum Gasteiger partial charge on any atom is 0.238 e. The minimum atomic E-state index is 0.556. The molecule has 54 heavy (non-hydrogen) atoms. The van der Waals surface area contributed by atoms with Crippen LogP contribution in [0.15, 0.2) is 168 Å². The molecule has 0 unspecified atom stereocenters. The molecular weight excluding hydrogens is 663 g/mol. The van der Waals surface area contributed by atoms with Crippen molar-refractivity contribution in [1.82, 2.24) is 24.5 Å². The Hall–Kier alpha value is -7.18. The lowest BCUT2D eigenvalue weighted by Gasteiger charge is -2.12. The van der Waals surface area contributed by atoms with Crippen LogP contribution in [-0.2, 0) is 0 Å². The molecule has 0 spiro atoms. The summed E-state index contributed by atoms with van der Waals surface area (Å²) in [5, 5.41) is 2.30. The Morgan fingerprint density at radius 1 is 0.444 bits per heavy atom. The van der Waals surface area contributed by atoms with E-state index in [0.717, 1.165) is 83.0 Å². The van der Waals surface area contributed by atoms with Crippen molar-refractivity contribution >= 4 is 32.9 Å². The van der Waals surface area contributed by atoms with Crippen LogP contribution in [0.1, 0.15) is 11.1 Å². The second kappa shape index (κ2) is 12.8. The summed E-state index contributed by atoms with van der Waals surface area (Å²) in [5.41, 5.74) is 12.9. The molecule has 3 aromatic heterocycles. The first-order chi connectivity index (χ1) is 26.6. The van der Waals surface area contributed by atoms with Crippen LogP contribution in [0, 0.1) is 13.8 Å². The van der Waals surface area contributed by atoms with Gasteiger partial charge in [-0.05, 0) is 79.1 Å². The molecular formula is C48H33N5O. The van der Waals surface area contributed by atoms with Gasteiger partial charge in [-0.1, -0.05) is 126 Å². The van der Waals surface area contributed by atoms with Crippen LogP contribution in [-0.4, -0.2) is 24.5 Å². The minimum Gasteiger partial charge on any atom is -0.435 e. The number of aryl methyl sites for hydroxylation is 2. The molecule has 256 valence electrons. The van der Waals surface area contributed by atoms with Gasteiger partial charge in [0.15, 0.2) is 17.2 Å². The van der Waals surface area contributed by atoms with E-state index in [1.807, 2.05) is 48.5 Å². The summed E-state index contributed by atoms with van der Waals surface area (Å²) in [5.74, 6) is 2.34. The van der Waals surface area contributed by atoms with Gasteiger partial charge in [-0.25, -0.2) is 9.97 Å². The van der Waals surface area contributed by atoms with Crippen LogP contribution in [0.2, 0.25) is 0 Å². The lowest BCUT2D eigenvalue weighted by atomic mass is 9.99. The first-order valence-corrected chi connectivity index (χ1v) is 18.1. The summed E-state index contributed by atoms with van der Waals surface area (Å²) in [7, 11) is 0. The predicted octanol–water partition coefficient (Wildman–Crippen LogP) is 12.1. The van der Waals surface area contributed by atoms with Gasteiger partial charge in [0.25, 0.3) is 0 Å². The number of rotatable bonds is 6. The molecule has 10 aromatic rings. The molecule has 0 N–H and O–H groups in total. The fourth-order valence-corrected chi connectivity index (χ4v) is 7.63. The van der Waals surface area contributed by atoms with Gasteiger partial charge in [-0.2, -0.15) is 9.97 Å². The fraction of sp³-hybridized carbons (Fsp3) is 0.0417. The normalized spacial score (nSPS) is 11.5. The third-order valence-electron chi connectivity index (χ3n) is 9.95. The summed E-state index contributed by atoms with van der Waals surface area (Å²) in [4.78, 5) is 20.5. The number of benzene rings is 7. The number of fused-ring (bicyclic) bond motifs is 4. The second-order valence-corrected chi connectivity index (χ2v) is 13.7. The third-order valence-corrected chi connectivity index (χ3v) is 9.95. The Kier molecular flexibility index (Phi) is 7.47. The number of oxazole rings is 1. The first kappa shape index (κ1) is 31.5. The SMILES string of the molecule is Cc1cc(C)cc(-c2nc(-c3cccc(-c4cccc5nc(-c6ccccc6)oc45)c3)nc(-n3c4ccccc4c4c(-c5ccccc5)cccc43)n2)c1. The monoisotopic (exact) mass is 695 g/mol. The summed E-state index contributed by atoms with van der Waals surface area (Å²) in [6.07, 6.45) is 0. The summed E-state index contributed by atoms with van der Waals surface area (Å²) in [6.45, 7) is 4.21. The van der Waals surface area contributed by atoms with Crippen molar-refractivity contribution in [3.63, 3.8) is 0 Å². The van der Waals surface area contributed by atoms with Crippen LogP contribution in [0.5, 0.6) is 0 Å². The molecule has 7 aromatic carbocycles. The Balaban J connectivity index is 1.19. The summed E-state index contributed by atoms with van der Waals surface area (Å²) >= 11 is 0. The molecule has 6 nitrogen and oxygen atoms in total. The van der Waals surface area contributed by atoms with E-state index in [2.05, 4.69) is 134 Å². The lowest BCUT2D eigenvalue weighted by molar-refractivity contribution is 0.621. The van der Waals surface area contributed by atoms with Crippen molar-refractivity contribution in [3.8, 4) is 62.4 Å². The average molecular weight is 696 g/mol. The van der Waals surface area contributed by atoms with Gasteiger partial charge in [0.2, 0.25) is 11.8 Å². The topological polar surface area (TPSA) is 69.6 Å². The molecule has 0 bridgehead atoms. The van der Waals surface area contributed by atoms with Gasteiger partial charge < -0.3 is 4.42 Å². The summed E-state index contributed by atoms with van der Waals surface area (Å²) < 4.78 is 8.60. The molecule has 0 aliphatic heterocycles. The molecule has 10 rings (SSSR count). The van der Waals surface area contributed by atoms with E-state index < -0.39 is 0 Å². The molecule has 0 aliphatic carbocycles. The van der Waals surface area contributed by atoms with Crippen molar-refractivity contribution in [2.75, 3.05) is 0 Å². The quantitative estimate of drug-likeness (QED) is 0.173. The zero-order valence-electron chi connectivity index (χ0n) is 29.7. The van der Waals surface area contributed by atoms with E-state index in [-0.39, 0.29) is 0 Å². The molecule has 0 atom stereocenters. The van der Waals surface area contributed by atoms with Crippen molar-refractivity contribution in [2.45, 2.75) is 13.8 Å². The molecule has 0 aliphatic rings. The minimum absolute atomic E-state index is 0.556. The van der Waals surface area contributed by atoms with Gasteiger partial charge >= 0.3 is 0 Å². The van der Waals surface area contributed by atoms with Gasteiger partial charge in [0.05, 0.1) is 11.0 Å². The van der Waals surface area contributed by atoms with E-state index in [4.69, 9.17) is 24.4 Å². The highest BCUT2D eigenvalue weighted by atomic mass is 16.3. The highest BCUT2D eigenvalue weighted by Crippen LogP contribution is 2.39. The van der Waals surface area contributed by atoms with Crippen LogP contribution in [0.4, 0.5) is 0 Å². The van der Waals surface area contributed by atoms with E-state index >= 15 is 0 Å². The van der Waals surface area contributed by atoms with Gasteiger partial charge in [0, 0.05) is 33.0 Å². The lowest BCUT2D eigenvalue weighted by Crippen LogP contribution is -2.06. The molecule has 0 saturated heterocycles. The Morgan fingerprint density at radius 3 is 1.85 bits per heavy atom. The Bertz CT molecular complexity index is 3000. The van der Waals surface area contributed by atoms with Gasteiger partial charge in [-0.3, -0.25) is 4.57 Å². The molecule has 6 heteroatoms. The first-order valence-electron chi connectivity index (χ1n) is 18.1. The van der Waals surface area contributed by atoms with Crippen LogP contribution < -0.4 is 0 Å². The fourth-order valence-electron chi connectivity index (χ4n) is 7.63. The van der Waals surface area contributed by atoms with Crippen LogP contribution in [0.3, 0.4) is 0 Å². The zero-order valence-corrected chi connectivity index (χ0v) is 29.7. The van der Waals surface area contributed by atoms with Gasteiger partial charge in [-0.15, -0.1) is 0 Å². The van der Waals surface area contributed by atoms with Crippen LogP contribution in [0.25, 0.3) is 95.3 Å². The van der Waals surface area contributed by atoms with E-state index in [1.165, 1.54) is 0 Å². The smallest absolute Gasteiger partial charge is 0.238 e.